The number of amides is 4. The molecule has 4 N–H and O–H groups in total. The minimum atomic E-state index is -0.539. The van der Waals surface area contributed by atoms with Crippen molar-refractivity contribution in [3.8, 4) is 0 Å². The second kappa shape index (κ2) is 74.0. The molecule has 5 heterocycles. The Bertz CT molecular complexity index is 2860. The average Bonchev–Trinajstić information content (AvgIpc) is 1.71. The molecule has 1 aromatic rings. The van der Waals surface area contributed by atoms with E-state index in [0.29, 0.717) is 151 Å². The highest BCUT2D eigenvalue weighted by molar-refractivity contribution is 7.99. The van der Waals surface area contributed by atoms with Gasteiger partial charge in [0, 0.05) is 101 Å². The smallest absolute Gasteiger partial charge is 0.417 e. The van der Waals surface area contributed by atoms with Crippen molar-refractivity contribution in [1.29, 1.82) is 0 Å². The second-order valence-electron chi connectivity index (χ2n) is 33.9. The van der Waals surface area contributed by atoms with Gasteiger partial charge in [-0.2, -0.15) is 0 Å². The van der Waals surface area contributed by atoms with Gasteiger partial charge in [0.1, 0.15) is 5.60 Å². The van der Waals surface area contributed by atoms with Gasteiger partial charge in [-0.3, -0.25) is 47.9 Å². The first kappa shape index (κ1) is 117. The number of piperidine rings is 1. The molecule has 0 radical (unpaired) electrons. The Morgan fingerprint density at radius 3 is 1.53 bits per heavy atom. The molecule has 0 aliphatic carbocycles. The molecule has 118 heavy (non-hydrogen) atoms. The van der Waals surface area contributed by atoms with E-state index in [1.54, 1.807) is 53.3 Å². The molecule has 10 unspecified atom stereocenters. The summed E-state index contributed by atoms with van der Waals surface area (Å²) in [6.45, 7) is 53.0. The number of aliphatic hydroxyl groups excluding tert-OH is 1. The quantitative estimate of drug-likeness (QED) is 0.0261. The van der Waals surface area contributed by atoms with Crippen molar-refractivity contribution in [2.75, 3.05) is 91.8 Å². The molecule has 5 aliphatic rings. The predicted octanol–water partition coefficient (Wildman–Crippen LogP) is 18.8. The number of thioether (sulfide) groups is 1. The lowest BCUT2D eigenvalue weighted by Crippen LogP contribution is -2.37. The molecule has 0 saturated carbocycles. The van der Waals surface area contributed by atoms with Gasteiger partial charge < -0.3 is 59.0 Å². The number of esters is 7. The third-order valence-corrected chi connectivity index (χ3v) is 19.8. The molecular weight excluding hydrogens is 1530 g/mol. The van der Waals surface area contributed by atoms with Crippen molar-refractivity contribution in [2.45, 2.75) is 317 Å². The number of nitrogens with one attached hydrogen (secondary N) is 1. The highest BCUT2D eigenvalue weighted by Crippen LogP contribution is 2.24. The standard InChI is InChI=1S/C17H30O2.C13H18O2S.C11H21NO.C11H22O2.C10H17NO3.C7H15NO2.C7H14O3.C7H12O2.C5H9NO.C5H8O2/c1-6-19-17(18)13-16(5)12-8-11-15(4)10-7-9-14(2)3;1-3-15-13(14)9-11(2)10-16-12-7-5-4-6-8-12;1-3-10(2)9-11(13)12-7-5-4-6-8-12;1-9(2)6-5-7-10(3)8-11(12)13-4;1-7-5-8(12)11(6-7)9(13)14-10(2,3)4;2*1-3-10-7(9)4-6(2)5-8;1-6-3-2-4-9-7(8)5-6;1-4-2-5(7)6-3-4;1-4-2-5(6)7-3-4/h9,11,16H,6-8,10,12-13H2,1-5H3;4-8,11H,3,9-10H2,1-2H3;10H,3-9H2,1-2H3;9-10H,5-8H2,1-4H3;7H,5-6H2,1-4H3;6H,3-5,8H2,1-2H3;6,8H,3-5H2,1-2H3;6H,2-5H2,1H3;4H,2-3H2,1H3,(H,6,7);4H,2-3H2,1H3/b15-11+;;;;;;;;;. The van der Waals surface area contributed by atoms with Crippen molar-refractivity contribution >= 4 is 77.4 Å². The van der Waals surface area contributed by atoms with Gasteiger partial charge in [-0.15, -0.1) is 11.8 Å². The van der Waals surface area contributed by atoms with Crippen molar-refractivity contribution in [1.82, 2.24) is 15.1 Å². The average molecular weight is 1690 g/mol. The summed E-state index contributed by atoms with van der Waals surface area (Å²) in [5.41, 5.74) is 7.60. The Kier molecular flexibility index (Phi) is 73.7. The number of carbonyl (C=O) groups excluding carboxylic acids is 11. The number of likely N-dealkylation sites (tertiary alicyclic amines) is 2. The van der Waals surface area contributed by atoms with Crippen LogP contribution in [0.15, 0.2) is 58.5 Å². The first-order valence-corrected chi connectivity index (χ1v) is 44.9. The van der Waals surface area contributed by atoms with Crippen LogP contribution in [-0.4, -0.2) is 178 Å². The number of cyclic esters (lactones) is 2. The number of rotatable bonds is 32. The third-order valence-electron chi connectivity index (χ3n) is 18.4. The molecule has 5 fully saturated rings. The number of allylic oxidation sites excluding steroid dienone is 4. The van der Waals surface area contributed by atoms with Crippen LogP contribution in [0.1, 0.15) is 307 Å². The highest BCUT2D eigenvalue weighted by atomic mass is 32.2. The Morgan fingerprint density at radius 2 is 1.11 bits per heavy atom. The lowest BCUT2D eigenvalue weighted by atomic mass is 9.97. The largest absolute Gasteiger partial charge is 0.469 e. The number of methoxy groups -OCH3 is 1. The maximum Gasteiger partial charge on any atom is 0.417 e. The van der Waals surface area contributed by atoms with Crippen LogP contribution in [-0.2, 0) is 85.8 Å². The van der Waals surface area contributed by atoms with E-state index in [9.17, 15) is 52.7 Å². The van der Waals surface area contributed by atoms with Gasteiger partial charge in [0.05, 0.1) is 59.6 Å². The molecule has 0 spiro atoms. The zero-order valence-corrected chi connectivity index (χ0v) is 78.7. The fraction of sp³-hybridized carbons (Fsp3) is 0.774. The normalized spacial score (nSPS) is 18.0. The van der Waals surface area contributed by atoms with E-state index in [0.717, 1.165) is 95.5 Å². The number of benzene rings is 1. The van der Waals surface area contributed by atoms with Crippen molar-refractivity contribution < 1.29 is 95.7 Å². The number of ether oxygens (including phenoxy) is 8. The van der Waals surface area contributed by atoms with Gasteiger partial charge in [-0.05, 0) is 205 Å². The zero-order valence-electron chi connectivity index (χ0n) is 77.9. The first-order valence-electron chi connectivity index (χ1n) is 43.9. The maximum absolute atomic E-state index is 11.7. The Morgan fingerprint density at radius 1 is 0.593 bits per heavy atom. The highest BCUT2D eigenvalue weighted by Gasteiger charge is 2.34. The van der Waals surface area contributed by atoms with E-state index in [-0.39, 0.29) is 78.0 Å². The SMILES string of the molecule is CC1CC(=O)N(C(=O)OC(C)(C)C)C1.CC1CCCOC(=O)C1.CC1CNC(=O)C1.CC1COC(=O)C1.CCC(C)CC(=O)N1CCCCC1.CCOC(=O)CC(C)CC/C=C(\C)CCC=C(C)C.CCOC(=O)CC(C)CN.CCOC(=O)CC(C)CO.CCOC(=O)CC(C)CSc1ccccc1.COC(=O)CC(C)CCCC(C)C. The summed E-state index contributed by atoms with van der Waals surface area (Å²) in [6, 6.07) is 10.2. The predicted molar refractivity (Wildman–Crippen MR) is 473 cm³/mol. The molecule has 24 nitrogen and oxygen atoms in total. The lowest BCUT2D eigenvalue weighted by Gasteiger charge is -2.27. The van der Waals surface area contributed by atoms with Crippen LogP contribution in [0.3, 0.4) is 0 Å². The van der Waals surface area contributed by atoms with Crippen LogP contribution >= 0.6 is 11.8 Å². The topological polar surface area (TPSA) is 326 Å². The van der Waals surface area contributed by atoms with E-state index in [2.05, 4.69) is 127 Å². The fourth-order valence-electron chi connectivity index (χ4n) is 11.3. The molecule has 5 saturated heterocycles. The molecule has 0 bridgehead atoms. The maximum atomic E-state index is 11.7. The molecular formula is C93H166N4O20S. The number of aliphatic hydroxyl groups is 1. The summed E-state index contributed by atoms with van der Waals surface area (Å²) < 4.78 is 38.4. The molecule has 10 atom stereocenters. The number of hydrogen-bond acceptors (Lipinski definition) is 22. The third kappa shape index (κ3) is 75.4. The van der Waals surface area contributed by atoms with E-state index in [1.807, 2.05) is 57.7 Å². The summed E-state index contributed by atoms with van der Waals surface area (Å²) in [7, 11) is 1.45. The second-order valence-corrected chi connectivity index (χ2v) is 35.0. The van der Waals surface area contributed by atoms with Crippen LogP contribution in [0, 0.1) is 65.1 Å². The van der Waals surface area contributed by atoms with E-state index in [4.69, 9.17) is 34.5 Å². The minimum absolute atomic E-state index is 0.0130. The molecule has 0 aromatic heterocycles. The zero-order chi connectivity index (χ0) is 90.6. The molecule has 684 valence electrons. The number of nitrogens with two attached hydrogens (primary N) is 1. The summed E-state index contributed by atoms with van der Waals surface area (Å²) in [5.74, 6) is 5.25. The van der Waals surface area contributed by atoms with Gasteiger partial charge in [-0.1, -0.05) is 157 Å². The van der Waals surface area contributed by atoms with Gasteiger partial charge >= 0.3 is 47.9 Å². The molecule has 6 rings (SSSR count). The Balaban J connectivity index is -0.000000619. The first-order chi connectivity index (χ1) is 55.5. The van der Waals surface area contributed by atoms with Gasteiger partial charge in [0.2, 0.25) is 17.7 Å². The summed E-state index contributed by atoms with van der Waals surface area (Å²) >= 11 is 1.78. The monoisotopic (exact) mass is 1690 g/mol. The number of hydrogen-bond donors (Lipinski definition) is 3. The number of nitrogens with zero attached hydrogens (tertiary/aromatic N) is 2. The fourth-order valence-corrected chi connectivity index (χ4v) is 12.2. The van der Waals surface area contributed by atoms with E-state index >= 15 is 0 Å². The summed E-state index contributed by atoms with van der Waals surface area (Å²) in [5, 5.41) is 11.3. The van der Waals surface area contributed by atoms with Crippen LogP contribution in [0.4, 0.5) is 4.79 Å². The van der Waals surface area contributed by atoms with Crippen LogP contribution < -0.4 is 11.1 Å². The van der Waals surface area contributed by atoms with E-state index in [1.165, 1.54) is 60.2 Å². The molecule has 5 aliphatic heterocycles. The molecule has 4 amide bonds. The van der Waals surface area contributed by atoms with Crippen LogP contribution in [0.5, 0.6) is 0 Å². The molecule has 25 heteroatoms. The van der Waals surface area contributed by atoms with Crippen molar-refractivity contribution in [3.05, 3.63) is 53.6 Å². The molecule has 1 aromatic carbocycles. The summed E-state index contributed by atoms with van der Waals surface area (Å²) in [4.78, 5) is 125. The van der Waals surface area contributed by atoms with Gasteiger partial charge in [0.15, 0.2) is 0 Å². The summed E-state index contributed by atoms with van der Waals surface area (Å²) in [6.07, 6.45) is 24.5. The number of imide groups is 1. The Hall–Kier alpha value is -6.86. The van der Waals surface area contributed by atoms with Gasteiger partial charge in [-0.25, -0.2) is 9.69 Å². The van der Waals surface area contributed by atoms with Crippen LogP contribution in [0.25, 0.3) is 0 Å². The Labute approximate surface area is 718 Å². The van der Waals surface area contributed by atoms with Crippen LogP contribution in [0.2, 0.25) is 0 Å². The van der Waals surface area contributed by atoms with Gasteiger partial charge in [0.25, 0.3) is 0 Å². The van der Waals surface area contributed by atoms with Crippen molar-refractivity contribution in [3.63, 3.8) is 0 Å². The lowest BCUT2D eigenvalue weighted by molar-refractivity contribution is -0.145. The van der Waals surface area contributed by atoms with E-state index < -0.39 is 11.7 Å². The number of carbonyl (C=O) groups is 11. The van der Waals surface area contributed by atoms with Crippen molar-refractivity contribution in [2.24, 2.45) is 70.8 Å². The minimum Gasteiger partial charge on any atom is -0.469 e.